The van der Waals surface area contributed by atoms with Crippen molar-refractivity contribution >= 4 is 16.7 Å². The third kappa shape index (κ3) is 5.62. The Morgan fingerprint density at radius 3 is 2.58 bits per heavy atom. The van der Waals surface area contributed by atoms with Crippen LogP contribution in [0.1, 0.15) is 63.0 Å². The topological polar surface area (TPSA) is 58.6 Å². The van der Waals surface area contributed by atoms with Crippen LogP contribution >= 0.6 is 0 Å². The van der Waals surface area contributed by atoms with Gasteiger partial charge in [-0.05, 0) is 85.2 Å². The number of carboxylic acid groups (broad SMARTS) is 1. The molecule has 1 saturated carbocycles. The quantitative estimate of drug-likeness (QED) is 0.535. The minimum Gasteiger partial charge on any atom is -0.490 e. The fraction of sp³-hybridized carbons (Fsp3) is 0.577. The summed E-state index contributed by atoms with van der Waals surface area (Å²) >= 11 is 0. The molecule has 0 radical (unpaired) electrons. The Hall–Kier alpha value is -2.28. The SMILES string of the molecule is CC1CCC(Oc2ccc3cc(C[C@@]4(CC(=O)O)CCCNC4)ccc3c2C(F)(F)F)CC1. The number of carbonyl (C=O) groups is 1. The van der Waals surface area contributed by atoms with Crippen molar-refractivity contribution < 1.29 is 27.8 Å². The highest BCUT2D eigenvalue weighted by molar-refractivity contribution is 5.89. The third-order valence-electron chi connectivity index (χ3n) is 7.25. The molecule has 0 bridgehead atoms. The Morgan fingerprint density at radius 1 is 1.18 bits per heavy atom. The van der Waals surface area contributed by atoms with E-state index in [9.17, 15) is 23.1 Å². The summed E-state index contributed by atoms with van der Waals surface area (Å²) in [7, 11) is 0. The van der Waals surface area contributed by atoms with Crippen LogP contribution in [-0.2, 0) is 17.4 Å². The lowest BCUT2D eigenvalue weighted by atomic mass is 9.73. The first-order valence-corrected chi connectivity index (χ1v) is 11.9. The summed E-state index contributed by atoms with van der Waals surface area (Å²) in [6, 6.07) is 8.14. The van der Waals surface area contributed by atoms with Crippen molar-refractivity contribution in [2.45, 2.75) is 70.6 Å². The molecule has 1 saturated heterocycles. The monoisotopic (exact) mass is 463 g/mol. The van der Waals surface area contributed by atoms with Gasteiger partial charge in [0.1, 0.15) is 11.3 Å². The zero-order valence-corrected chi connectivity index (χ0v) is 19.0. The van der Waals surface area contributed by atoms with Gasteiger partial charge in [0.25, 0.3) is 0 Å². The molecule has 2 fully saturated rings. The summed E-state index contributed by atoms with van der Waals surface area (Å²) in [5.74, 6) is -0.357. The highest BCUT2D eigenvalue weighted by atomic mass is 19.4. The molecule has 1 atom stereocenters. The highest BCUT2D eigenvalue weighted by Gasteiger charge is 2.38. The minimum absolute atomic E-state index is 0.0403. The lowest BCUT2D eigenvalue weighted by Gasteiger charge is -2.37. The van der Waals surface area contributed by atoms with Crippen LogP contribution in [-0.4, -0.2) is 30.3 Å². The maximum atomic E-state index is 14.1. The molecular formula is C26H32F3NO3. The van der Waals surface area contributed by atoms with E-state index in [0.717, 1.165) is 50.6 Å². The Balaban J connectivity index is 1.65. The van der Waals surface area contributed by atoms with E-state index in [1.165, 1.54) is 12.1 Å². The van der Waals surface area contributed by atoms with Gasteiger partial charge >= 0.3 is 12.1 Å². The fourth-order valence-corrected chi connectivity index (χ4v) is 5.54. The normalized spacial score (nSPS) is 26.3. The number of rotatable bonds is 6. The van der Waals surface area contributed by atoms with Crippen LogP contribution < -0.4 is 10.1 Å². The second kappa shape index (κ2) is 9.53. The van der Waals surface area contributed by atoms with Gasteiger partial charge < -0.3 is 15.2 Å². The van der Waals surface area contributed by atoms with Crippen LogP contribution in [0.5, 0.6) is 5.75 Å². The zero-order chi connectivity index (χ0) is 23.6. The highest BCUT2D eigenvalue weighted by Crippen LogP contribution is 2.43. The Labute approximate surface area is 192 Å². The van der Waals surface area contributed by atoms with Crippen LogP contribution in [0.3, 0.4) is 0 Å². The smallest absolute Gasteiger partial charge is 0.420 e. The lowest BCUT2D eigenvalue weighted by molar-refractivity contribution is -0.140. The Morgan fingerprint density at radius 2 is 1.94 bits per heavy atom. The molecule has 2 aromatic carbocycles. The van der Waals surface area contributed by atoms with Crippen LogP contribution in [0.4, 0.5) is 13.2 Å². The molecule has 1 aliphatic heterocycles. The van der Waals surface area contributed by atoms with Gasteiger partial charge in [-0.3, -0.25) is 4.79 Å². The summed E-state index contributed by atoms with van der Waals surface area (Å²) in [4.78, 5) is 11.5. The summed E-state index contributed by atoms with van der Waals surface area (Å²) in [5.41, 5.74) is -0.286. The number of aliphatic carboxylic acids is 1. The number of ether oxygens (including phenoxy) is 1. The largest absolute Gasteiger partial charge is 0.490 e. The molecule has 4 rings (SSSR count). The average Bonchev–Trinajstić information content (AvgIpc) is 2.74. The molecule has 4 nitrogen and oxygen atoms in total. The maximum absolute atomic E-state index is 14.1. The first kappa shape index (κ1) is 23.9. The van der Waals surface area contributed by atoms with Crippen LogP contribution in [0.15, 0.2) is 30.3 Å². The predicted octanol–water partition coefficient (Wildman–Crippen LogP) is 6.20. The van der Waals surface area contributed by atoms with E-state index in [0.29, 0.717) is 24.3 Å². The van der Waals surface area contributed by atoms with E-state index in [-0.39, 0.29) is 23.7 Å². The van der Waals surface area contributed by atoms with Gasteiger partial charge in [0.2, 0.25) is 0 Å². The summed E-state index contributed by atoms with van der Waals surface area (Å²) in [5, 5.41) is 13.3. The van der Waals surface area contributed by atoms with Crippen molar-refractivity contribution in [3.8, 4) is 5.75 Å². The van der Waals surface area contributed by atoms with Gasteiger partial charge in [-0.2, -0.15) is 13.2 Å². The molecule has 2 aromatic rings. The van der Waals surface area contributed by atoms with Crippen LogP contribution in [0, 0.1) is 11.3 Å². The Kier molecular flexibility index (Phi) is 6.89. The molecule has 2 N–H and O–H groups in total. The van der Waals surface area contributed by atoms with E-state index in [4.69, 9.17) is 4.74 Å². The zero-order valence-electron chi connectivity index (χ0n) is 19.0. The number of benzene rings is 2. The molecule has 1 aliphatic carbocycles. The van der Waals surface area contributed by atoms with E-state index in [1.807, 2.05) is 0 Å². The summed E-state index contributed by atoms with van der Waals surface area (Å²) in [6.45, 7) is 3.61. The number of carboxylic acids is 1. The Bertz CT molecular complexity index is 990. The lowest BCUT2D eigenvalue weighted by Crippen LogP contribution is -2.42. The molecule has 0 spiro atoms. The average molecular weight is 464 g/mol. The van der Waals surface area contributed by atoms with Crippen LogP contribution in [0.2, 0.25) is 0 Å². The van der Waals surface area contributed by atoms with Crippen molar-refractivity contribution in [3.05, 3.63) is 41.5 Å². The van der Waals surface area contributed by atoms with Gasteiger partial charge in [-0.1, -0.05) is 31.2 Å². The third-order valence-corrected chi connectivity index (χ3v) is 7.25. The van der Waals surface area contributed by atoms with Crippen molar-refractivity contribution in [3.63, 3.8) is 0 Å². The number of nitrogens with one attached hydrogen (secondary N) is 1. The number of piperidine rings is 1. The van der Waals surface area contributed by atoms with E-state index < -0.39 is 23.1 Å². The second-order valence-corrected chi connectivity index (χ2v) is 10.0. The van der Waals surface area contributed by atoms with Crippen molar-refractivity contribution in [1.29, 1.82) is 0 Å². The molecule has 7 heteroatoms. The van der Waals surface area contributed by atoms with Gasteiger partial charge in [0, 0.05) is 6.54 Å². The van der Waals surface area contributed by atoms with E-state index in [2.05, 4.69) is 12.2 Å². The number of hydrogen-bond donors (Lipinski definition) is 2. The molecular weight excluding hydrogens is 431 g/mol. The van der Waals surface area contributed by atoms with Crippen molar-refractivity contribution in [1.82, 2.24) is 5.32 Å². The second-order valence-electron chi connectivity index (χ2n) is 10.0. The number of halogens is 3. The molecule has 33 heavy (non-hydrogen) atoms. The van der Waals surface area contributed by atoms with Gasteiger partial charge in [-0.15, -0.1) is 0 Å². The van der Waals surface area contributed by atoms with Crippen molar-refractivity contribution in [2.75, 3.05) is 13.1 Å². The predicted molar refractivity (Wildman–Crippen MR) is 121 cm³/mol. The maximum Gasteiger partial charge on any atom is 0.420 e. The molecule has 180 valence electrons. The first-order valence-electron chi connectivity index (χ1n) is 11.9. The van der Waals surface area contributed by atoms with Crippen molar-refractivity contribution in [2.24, 2.45) is 11.3 Å². The van der Waals surface area contributed by atoms with Gasteiger partial charge in [0.15, 0.2) is 0 Å². The number of hydrogen-bond acceptors (Lipinski definition) is 3. The van der Waals surface area contributed by atoms with E-state index in [1.54, 1.807) is 18.2 Å². The summed E-state index contributed by atoms with van der Waals surface area (Å²) < 4.78 is 48.2. The molecule has 2 aliphatic rings. The van der Waals surface area contributed by atoms with E-state index >= 15 is 0 Å². The minimum atomic E-state index is -4.53. The summed E-state index contributed by atoms with van der Waals surface area (Å²) in [6.07, 6.45) is 0.992. The number of fused-ring (bicyclic) bond motifs is 1. The first-order chi connectivity index (χ1) is 15.7. The van der Waals surface area contributed by atoms with Gasteiger partial charge in [-0.25, -0.2) is 0 Å². The molecule has 0 aromatic heterocycles. The van der Waals surface area contributed by atoms with Crippen LogP contribution in [0.25, 0.3) is 10.8 Å². The van der Waals surface area contributed by atoms with Gasteiger partial charge in [0.05, 0.1) is 12.5 Å². The fourth-order valence-electron chi connectivity index (χ4n) is 5.54. The molecule has 1 heterocycles. The molecule has 0 amide bonds. The standard InChI is InChI=1S/C26H32F3NO3/c1-17-3-7-20(8-4-17)33-22-10-6-19-13-18(5-9-21(19)24(22)26(27,28)29)14-25(15-23(31)32)11-2-12-30-16-25/h5-6,9-10,13,17,20,30H,2-4,7-8,11-12,14-16H2,1H3,(H,31,32)/t17?,20?,25-/m1/s1. The number of alkyl halides is 3. The molecule has 0 unspecified atom stereocenters.